The molecule has 0 aliphatic carbocycles. The summed E-state index contributed by atoms with van der Waals surface area (Å²) in [6.07, 6.45) is 0. The van der Waals surface area contributed by atoms with Crippen LogP contribution in [0.4, 0.5) is 17.1 Å². The summed E-state index contributed by atoms with van der Waals surface area (Å²) in [4.78, 5) is 2.35. The highest BCUT2D eigenvalue weighted by Crippen LogP contribution is 2.39. The number of anilines is 3. The SMILES string of the molecule is c1ccc(-c2cccc(N(c3ccc(-c4ccc(-c5cccc(-c6cc7ccccc7o6)c5)cc4)cc3)c3ccc(-c4ccc5c(ccc6ccccc65)c4)cc3)c2)cc1. The van der Waals surface area contributed by atoms with Gasteiger partial charge in [0, 0.05) is 28.0 Å². The molecule has 0 atom stereocenters. The van der Waals surface area contributed by atoms with Crippen LogP contribution in [0.15, 0.2) is 241 Å². The molecule has 0 saturated heterocycles. The van der Waals surface area contributed by atoms with Crippen LogP contribution in [0.25, 0.3) is 88.3 Å². The van der Waals surface area contributed by atoms with Crippen molar-refractivity contribution < 1.29 is 4.42 Å². The van der Waals surface area contributed by atoms with Crippen LogP contribution in [0.5, 0.6) is 0 Å². The van der Waals surface area contributed by atoms with Crippen molar-refractivity contribution in [3.63, 3.8) is 0 Å². The zero-order valence-corrected chi connectivity index (χ0v) is 32.9. The quantitative estimate of drug-likeness (QED) is 0.143. The summed E-state index contributed by atoms with van der Waals surface area (Å²) in [6.45, 7) is 0. The minimum Gasteiger partial charge on any atom is -0.456 e. The van der Waals surface area contributed by atoms with Gasteiger partial charge >= 0.3 is 0 Å². The summed E-state index contributed by atoms with van der Waals surface area (Å²) in [7, 11) is 0. The molecule has 0 saturated carbocycles. The lowest BCUT2D eigenvalue weighted by molar-refractivity contribution is 0.631. The summed E-state index contributed by atoms with van der Waals surface area (Å²) >= 11 is 0. The topological polar surface area (TPSA) is 16.4 Å². The van der Waals surface area contributed by atoms with E-state index in [4.69, 9.17) is 4.42 Å². The van der Waals surface area contributed by atoms with Crippen LogP contribution in [-0.4, -0.2) is 0 Å². The molecule has 2 heteroatoms. The Kier molecular flexibility index (Phi) is 8.87. The molecule has 0 N–H and O–H groups in total. The lowest BCUT2D eigenvalue weighted by Gasteiger charge is -2.26. The van der Waals surface area contributed by atoms with Gasteiger partial charge in [0.15, 0.2) is 0 Å². The van der Waals surface area contributed by atoms with Crippen LogP contribution in [0.3, 0.4) is 0 Å². The lowest BCUT2D eigenvalue weighted by atomic mass is 9.97. The molecule has 11 rings (SSSR count). The van der Waals surface area contributed by atoms with E-state index in [-0.39, 0.29) is 0 Å². The van der Waals surface area contributed by atoms with Crippen molar-refractivity contribution in [3.05, 3.63) is 237 Å². The number of fused-ring (bicyclic) bond motifs is 4. The predicted molar refractivity (Wildman–Crippen MR) is 253 cm³/mol. The maximum Gasteiger partial charge on any atom is 0.135 e. The second-order valence-electron chi connectivity index (χ2n) is 15.4. The van der Waals surface area contributed by atoms with Gasteiger partial charge in [-0.05, 0) is 127 Å². The highest BCUT2D eigenvalue weighted by atomic mass is 16.3. The second kappa shape index (κ2) is 15.1. The standard InChI is InChI=1S/C58H39NO/c1-2-10-40(11-3-1)47-15-9-17-54(38-47)59(53-33-28-44(29-34-53)48-30-35-56-49(36-48)25-24-45-12-4-6-18-55(45)56)52-31-26-42(27-32-52)41-20-22-43(23-21-41)46-14-8-16-50(37-46)58-39-51-13-5-7-19-57(51)60-58/h1-39H. The molecule has 0 fully saturated rings. The second-order valence-corrected chi connectivity index (χ2v) is 15.4. The minimum atomic E-state index is 0.880. The molecule has 1 aromatic heterocycles. The highest BCUT2D eigenvalue weighted by Gasteiger charge is 2.15. The van der Waals surface area contributed by atoms with Gasteiger partial charge in [-0.15, -0.1) is 0 Å². The van der Waals surface area contributed by atoms with Crippen molar-refractivity contribution in [3.8, 4) is 55.8 Å². The molecule has 0 aliphatic rings. The van der Waals surface area contributed by atoms with Gasteiger partial charge in [-0.1, -0.05) is 176 Å². The maximum absolute atomic E-state index is 6.17. The van der Waals surface area contributed by atoms with E-state index in [1.54, 1.807) is 0 Å². The number of furan rings is 1. The first-order valence-corrected chi connectivity index (χ1v) is 20.5. The first-order valence-electron chi connectivity index (χ1n) is 20.5. The van der Waals surface area contributed by atoms with Crippen LogP contribution in [0.1, 0.15) is 0 Å². The molecule has 2 nitrogen and oxygen atoms in total. The maximum atomic E-state index is 6.17. The van der Waals surface area contributed by atoms with E-state index in [0.717, 1.165) is 44.9 Å². The summed E-state index contributed by atoms with van der Waals surface area (Å²) in [5.74, 6) is 0.880. The Labute approximate surface area is 349 Å². The molecular weight excluding hydrogens is 727 g/mol. The van der Waals surface area contributed by atoms with Gasteiger partial charge in [0.2, 0.25) is 0 Å². The molecular formula is C58H39NO. The summed E-state index contributed by atoms with van der Waals surface area (Å²) in [5.41, 5.74) is 14.7. The number of nitrogens with zero attached hydrogens (tertiary/aromatic N) is 1. The number of benzene rings is 10. The molecule has 0 spiro atoms. The van der Waals surface area contributed by atoms with Crippen molar-refractivity contribution in [2.75, 3.05) is 4.90 Å². The van der Waals surface area contributed by atoms with Gasteiger partial charge in [0.25, 0.3) is 0 Å². The van der Waals surface area contributed by atoms with E-state index >= 15 is 0 Å². The molecule has 0 radical (unpaired) electrons. The van der Waals surface area contributed by atoms with Gasteiger partial charge in [-0.3, -0.25) is 0 Å². The Bertz CT molecular complexity index is 3260. The van der Waals surface area contributed by atoms with Gasteiger partial charge in [0.1, 0.15) is 11.3 Å². The van der Waals surface area contributed by atoms with Crippen molar-refractivity contribution in [1.82, 2.24) is 0 Å². The van der Waals surface area contributed by atoms with Gasteiger partial charge in [0.05, 0.1) is 0 Å². The fraction of sp³-hybridized carbons (Fsp3) is 0. The van der Waals surface area contributed by atoms with Crippen molar-refractivity contribution in [2.45, 2.75) is 0 Å². The molecule has 0 bridgehead atoms. The zero-order valence-electron chi connectivity index (χ0n) is 32.9. The highest BCUT2D eigenvalue weighted by molar-refractivity contribution is 6.08. The van der Waals surface area contributed by atoms with E-state index < -0.39 is 0 Å². The van der Waals surface area contributed by atoms with E-state index in [9.17, 15) is 0 Å². The first kappa shape index (κ1) is 35.2. The summed E-state index contributed by atoms with van der Waals surface area (Å²) in [5, 5.41) is 6.19. The Morgan fingerprint density at radius 1 is 0.250 bits per heavy atom. The van der Waals surface area contributed by atoms with E-state index in [2.05, 4.69) is 223 Å². The normalized spacial score (nSPS) is 11.3. The molecule has 282 valence electrons. The van der Waals surface area contributed by atoms with E-state index in [1.165, 1.54) is 60.5 Å². The Morgan fingerprint density at radius 2 is 0.733 bits per heavy atom. The van der Waals surface area contributed by atoms with E-state index in [0.29, 0.717) is 0 Å². The first-order chi connectivity index (χ1) is 29.7. The number of hydrogen-bond donors (Lipinski definition) is 0. The molecule has 1 heterocycles. The van der Waals surface area contributed by atoms with Crippen molar-refractivity contribution in [2.24, 2.45) is 0 Å². The molecule has 0 aliphatic heterocycles. The minimum absolute atomic E-state index is 0.880. The monoisotopic (exact) mass is 765 g/mol. The fourth-order valence-corrected chi connectivity index (χ4v) is 8.53. The van der Waals surface area contributed by atoms with Crippen molar-refractivity contribution in [1.29, 1.82) is 0 Å². The molecule has 10 aromatic carbocycles. The smallest absolute Gasteiger partial charge is 0.135 e. The Balaban J connectivity index is 0.902. The van der Waals surface area contributed by atoms with Crippen LogP contribution < -0.4 is 4.90 Å². The number of para-hydroxylation sites is 1. The fourth-order valence-electron chi connectivity index (χ4n) is 8.53. The average molecular weight is 766 g/mol. The Hall–Kier alpha value is -7.94. The third-order valence-corrected chi connectivity index (χ3v) is 11.7. The third kappa shape index (κ3) is 6.70. The lowest BCUT2D eigenvalue weighted by Crippen LogP contribution is -2.10. The zero-order chi connectivity index (χ0) is 39.8. The average Bonchev–Trinajstić information content (AvgIpc) is 3.77. The summed E-state index contributed by atoms with van der Waals surface area (Å²) in [6, 6.07) is 84.9. The molecule has 0 amide bonds. The van der Waals surface area contributed by atoms with Gasteiger partial charge < -0.3 is 9.32 Å². The van der Waals surface area contributed by atoms with Crippen molar-refractivity contribution >= 4 is 49.6 Å². The third-order valence-electron chi connectivity index (χ3n) is 11.7. The van der Waals surface area contributed by atoms with Gasteiger partial charge in [-0.2, -0.15) is 0 Å². The predicted octanol–water partition coefficient (Wildman–Crippen LogP) is 16.5. The molecule has 0 unspecified atom stereocenters. The van der Waals surface area contributed by atoms with Crippen LogP contribution in [0, 0.1) is 0 Å². The van der Waals surface area contributed by atoms with Crippen LogP contribution in [-0.2, 0) is 0 Å². The van der Waals surface area contributed by atoms with E-state index in [1.807, 2.05) is 18.2 Å². The van der Waals surface area contributed by atoms with Gasteiger partial charge in [-0.25, -0.2) is 0 Å². The number of hydrogen-bond acceptors (Lipinski definition) is 2. The molecule has 11 aromatic rings. The van der Waals surface area contributed by atoms with Crippen LogP contribution >= 0.6 is 0 Å². The van der Waals surface area contributed by atoms with Crippen LogP contribution in [0.2, 0.25) is 0 Å². The Morgan fingerprint density at radius 3 is 1.45 bits per heavy atom. The largest absolute Gasteiger partial charge is 0.456 e. The summed E-state index contributed by atoms with van der Waals surface area (Å²) < 4.78 is 6.17. The number of rotatable bonds is 8. The molecule has 60 heavy (non-hydrogen) atoms.